The molecule has 0 bridgehead atoms. The van der Waals surface area contributed by atoms with Crippen molar-refractivity contribution in [3.8, 4) is 11.5 Å². The summed E-state index contributed by atoms with van der Waals surface area (Å²) in [7, 11) is 0. The molecule has 1 N–H and O–H groups in total. The number of hydrogen-bond acceptors (Lipinski definition) is 3. The SMILES string of the molecule is CCOc1cc(CN[C@@H](C)c2ccccc2)ccc1OCc1c(Cl)cccc1Cl. The molecule has 29 heavy (non-hydrogen) atoms. The summed E-state index contributed by atoms with van der Waals surface area (Å²) in [5, 5.41) is 4.72. The number of hydrogen-bond donors (Lipinski definition) is 1. The maximum atomic E-state index is 6.24. The highest BCUT2D eigenvalue weighted by molar-refractivity contribution is 6.35. The monoisotopic (exact) mass is 429 g/mol. The van der Waals surface area contributed by atoms with Crippen LogP contribution in [-0.4, -0.2) is 6.61 Å². The quantitative estimate of drug-likeness (QED) is 0.404. The minimum atomic E-state index is 0.255. The van der Waals surface area contributed by atoms with E-state index in [4.69, 9.17) is 32.7 Å². The molecule has 3 rings (SSSR count). The Bertz CT molecular complexity index is 911. The first kappa shape index (κ1) is 21.5. The standard InChI is InChI=1S/C24H25Cl2NO2/c1-3-28-24-14-18(15-27-17(2)19-8-5-4-6-9-19)12-13-23(24)29-16-20-21(25)10-7-11-22(20)26/h4-14,17,27H,3,15-16H2,1-2H3/t17-/m0/s1. The molecule has 0 radical (unpaired) electrons. The normalized spacial score (nSPS) is 11.9. The lowest BCUT2D eigenvalue weighted by molar-refractivity contribution is 0.269. The van der Waals surface area contributed by atoms with Crippen LogP contribution in [0.4, 0.5) is 0 Å². The molecule has 0 saturated heterocycles. The molecule has 0 fully saturated rings. The molecular formula is C24H25Cl2NO2. The van der Waals surface area contributed by atoms with Gasteiger partial charge in [-0.05, 0) is 49.2 Å². The van der Waals surface area contributed by atoms with E-state index in [0.29, 0.717) is 28.2 Å². The highest BCUT2D eigenvalue weighted by Gasteiger charge is 2.11. The van der Waals surface area contributed by atoms with Gasteiger partial charge in [0.25, 0.3) is 0 Å². The van der Waals surface area contributed by atoms with Gasteiger partial charge in [0.15, 0.2) is 11.5 Å². The Morgan fingerprint density at radius 1 is 0.862 bits per heavy atom. The van der Waals surface area contributed by atoms with Crippen LogP contribution in [0.2, 0.25) is 10.0 Å². The van der Waals surface area contributed by atoms with Crippen LogP contribution < -0.4 is 14.8 Å². The summed E-state index contributed by atoms with van der Waals surface area (Å²) < 4.78 is 11.8. The van der Waals surface area contributed by atoms with Crippen molar-refractivity contribution in [2.45, 2.75) is 33.0 Å². The Hall–Kier alpha value is -2.20. The van der Waals surface area contributed by atoms with Gasteiger partial charge >= 0.3 is 0 Å². The van der Waals surface area contributed by atoms with Crippen LogP contribution in [0.15, 0.2) is 66.7 Å². The highest BCUT2D eigenvalue weighted by atomic mass is 35.5. The molecule has 0 saturated carbocycles. The van der Waals surface area contributed by atoms with E-state index in [0.717, 1.165) is 17.7 Å². The molecule has 0 unspecified atom stereocenters. The maximum Gasteiger partial charge on any atom is 0.161 e. The van der Waals surface area contributed by atoms with Crippen LogP contribution in [-0.2, 0) is 13.2 Å². The van der Waals surface area contributed by atoms with E-state index >= 15 is 0 Å². The summed E-state index contributed by atoms with van der Waals surface area (Å²) in [6, 6.07) is 22.0. The first-order valence-corrected chi connectivity index (χ1v) is 10.4. The van der Waals surface area contributed by atoms with Crippen molar-refractivity contribution < 1.29 is 9.47 Å². The lowest BCUT2D eigenvalue weighted by atomic mass is 10.1. The van der Waals surface area contributed by atoms with Gasteiger partial charge in [-0.2, -0.15) is 0 Å². The predicted octanol–water partition coefficient (Wildman–Crippen LogP) is 6.82. The van der Waals surface area contributed by atoms with Gasteiger partial charge in [-0.3, -0.25) is 0 Å². The molecule has 0 aromatic heterocycles. The molecule has 0 heterocycles. The lowest BCUT2D eigenvalue weighted by Crippen LogP contribution is -2.18. The van der Waals surface area contributed by atoms with Gasteiger partial charge in [-0.1, -0.05) is 65.7 Å². The van der Waals surface area contributed by atoms with Gasteiger partial charge in [0.1, 0.15) is 6.61 Å². The van der Waals surface area contributed by atoms with Gasteiger partial charge in [-0.15, -0.1) is 0 Å². The fraction of sp³-hybridized carbons (Fsp3) is 0.250. The zero-order valence-electron chi connectivity index (χ0n) is 16.6. The van der Waals surface area contributed by atoms with E-state index in [9.17, 15) is 0 Å². The van der Waals surface area contributed by atoms with Crippen LogP contribution in [0.25, 0.3) is 0 Å². The van der Waals surface area contributed by atoms with Crippen LogP contribution in [0.5, 0.6) is 11.5 Å². The average molecular weight is 430 g/mol. The summed E-state index contributed by atoms with van der Waals surface area (Å²) in [5.41, 5.74) is 3.15. The van der Waals surface area contributed by atoms with E-state index in [-0.39, 0.29) is 12.6 Å². The molecule has 3 aromatic rings. The summed E-state index contributed by atoms with van der Waals surface area (Å²) >= 11 is 12.5. The summed E-state index contributed by atoms with van der Waals surface area (Å²) in [6.07, 6.45) is 0. The van der Waals surface area contributed by atoms with E-state index < -0.39 is 0 Å². The molecular weight excluding hydrogens is 405 g/mol. The molecule has 3 aromatic carbocycles. The third kappa shape index (κ3) is 5.89. The lowest BCUT2D eigenvalue weighted by Gasteiger charge is -2.17. The van der Waals surface area contributed by atoms with E-state index in [2.05, 4.69) is 36.5 Å². The molecule has 152 valence electrons. The average Bonchev–Trinajstić information content (AvgIpc) is 2.73. The Kier molecular flexibility index (Phi) is 7.82. The Labute approximate surface area is 182 Å². The molecule has 0 amide bonds. The van der Waals surface area contributed by atoms with E-state index in [1.165, 1.54) is 5.56 Å². The van der Waals surface area contributed by atoms with Gasteiger partial charge in [0.2, 0.25) is 0 Å². The second-order valence-corrected chi connectivity index (χ2v) is 7.53. The van der Waals surface area contributed by atoms with E-state index in [1.54, 1.807) is 12.1 Å². The summed E-state index contributed by atoms with van der Waals surface area (Å²) in [6.45, 7) is 5.68. The van der Waals surface area contributed by atoms with Gasteiger partial charge in [-0.25, -0.2) is 0 Å². The van der Waals surface area contributed by atoms with Crippen LogP contribution >= 0.6 is 23.2 Å². The van der Waals surface area contributed by atoms with Gasteiger partial charge < -0.3 is 14.8 Å². The number of rotatable bonds is 9. The fourth-order valence-electron chi connectivity index (χ4n) is 3.00. The number of nitrogens with one attached hydrogen (secondary N) is 1. The minimum absolute atomic E-state index is 0.255. The fourth-order valence-corrected chi connectivity index (χ4v) is 3.51. The molecule has 0 aliphatic heterocycles. The molecule has 1 atom stereocenters. The molecule has 3 nitrogen and oxygen atoms in total. The zero-order chi connectivity index (χ0) is 20.6. The predicted molar refractivity (Wildman–Crippen MR) is 120 cm³/mol. The molecule has 0 aliphatic rings. The molecule has 0 spiro atoms. The zero-order valence-corrected chi connectivity index (χ0v) is 18.1. The van der Waals surface area contributed by atoms with Crippen molar-refractivity contribution in [2.24, 2.45) is 0 Å². The Balaban J connectivity index is 1.68. The van der Waals surface area contributed by atoms with Crippen LogP contribution in [0.3, 0.4) is 0 Å². The van der Waals surface area contributed by atoms with Crippen molar-refractivity contribution in [3.05, 3.63) is 93.5 Å². The van der Waals surface area contributed by atoms with Crippen LogP contribution in [0.1, 0.15) is 36.6 Å². The maximum absolute atomic E-state index is 6.24. The third-order valence-corrected chi connectivity index (χ3v) is 5.36. The highest BCUT2D eigenvalue weighted by Crippen LogP contribution is 2.32. The van der Waals surface area contributed by atoms with Gasteiger partial charge in [0.05, 0.1) is 6.61 Å². The smallest absolute Gasteiger partial charge is 0.161 e. The number of benzene rings is 3. The number of halogens is 2. The van der Waals surface area contributed by atoms with Gasteiger partial charge in [0, 0.05) is 28.2 Å². The second kappa shape index (κ2) is 10.5. The summed E-state index contributed by atoms with van der Waals surface area (Å²) in [4.78, 5) is 0. The topological polar surface area (TPSA) is 30.5 Å². The molecule has 0 aliphatic carbocycles. The second-order valence-electron chi connectivity index (χ2n) is 6.72. The van der Waals surface area contributed by atoms with Crippen molar-refractivity contribution in [3.63, 3.8) is 0 Å². The third-order valence-electron chi connectivity index (χ3n) is 4.65. The number of ether oxygens (including phenoxy) is 2. The Morgan fingerprint density at radius 3 is 2.28 bits per heavy atom. The first-order chi connectivity index (χ1) is 14.1. The largest absolute Gasteiger partial charge is 0.490 e. The first-order valence-electron chi connectivity index (χ1n) is 9.68. The van der Waals surface area contributed by atoms with Crippen molar-refractivity contribution in [1.29, 1.82) is 0 Å². The minimum Gasteiger partial charge on any atom is -0.490 e. The molecule has 5 heteroatoms. The van der Waals surface area contributed by atoms with Crippen LogP contribution in [0, 0.1) is 0 Å². The van der Waals surface area contributed by atoms with Crippen molar-refractivity contribution in [2.75, 3.05) is 6.61 Å². The van der Waals surface area contributed by atoms with Crippen molar-refractivity contribution in [1.82, 2.24) is 5.32 Å². The summed E-state index contributed by atoms with van der Waals surface area (Å²) in [5.74, 6) is 1.38. The van der Waals surface area contributed by atoms with E-state index in [1.807, 2.05) is 37.3 Å². The van der Waals surface area contributed by atoms with Crippen molar-refractivity contribution >= 4 is 23.2 Å². The Morgan fingerprint density at radius 2 is 1.59 bits per heavy atom.